The SMILES string of the molecule is C[C@@H](CCCCCCCCCCCCCCO[C@@H]1O[C@H](CO)[C@@H](O)[C@H](O)[C@@H]1O)C(O)=C1C(=O)[C@H](C)N(C)C1=O. The van der Waals surface area contributed by atoms with Crippen LogP contribution in [0.1, 0.15) is 97.3 Å². The number of allylic oxidation sites excluding steroid dienone is 1. The van der Waals surface area contributed by atoms with Crippen molar-refractivity contribution in [2.45, 2.75) is 134 Å². The molecule has 226 valence electrons. The maximum absolute atomic E-state index is 12.3. The highest BCUT2D eigenvalue weighted by Crippen LogP contribution is 2.27. The van der Waals surface area contributed by atoms with Crippen LogP contribution >= 0.6 is 0 Å². The lowest BCUT2D eigenvalue weighted by atomic mass is 9.95. The minimum absolute atomic E-state index is 0.0288. The van der Waals surface area contributed by atoms with Crippen LogP contribution < -0.4 is 0 Å². The van der Waals surface area contributed by atoms with Gasteiger partial charge in [-0.1, -0.05) is 77.6 Å². The second-order valence-corrected chi connectivity index (χ2v) is 11.2. The van der Waals surface area contributed by atoms with Crippen molar-refractivity contribution in [2.24, 2.45) is 5.92 Å². The van der Waals surface area contributed by atoms with Crippen LogP contribution in [0.5, 0.6) is 0 Å². The number of likely N-dealkylation sites (tertiary alicyclic amines) is 1. The van der Waals surface area contributed by atoms with Gasteiger partial charge < -0.3 is 39.9 Å². The Morgan fingerprint density at radius 1 is 0.872 bits per heavy atom. The number of carbonyl (C=O) groups excluding carboxylic acids is 2. The van der Waals surface area contributed by atoms with Gasteiger partial charge in [0.25, 0.3) is 5.91 Å². The molecule has 0 aliphatic carbocycles. The summed E-state index contributed by atoms with van der Waals surface area (Å²) in [5.74, 6) is -0.904. The molecule has 2 fully saturated rings. The van der Waals surface area contributed by atoms with Crippen molar-refractivity contribution < 1.29 is 44.6 Å². The summed E-state index contributed by atoms with van der Waals surface area (Å²) < 4.78 is 10.8. The highest BCUT2D eigenvalue weighted by atomic mass is 16.7. The molecule has 39 heavy (non-hydrogen) atoms. The van der Waals surface area contributed by atoms with Gasteiger partial charge in [-0.3, -0.25) is 9.59 Å². The minimum atomic E-state index is -1.41. The van der Waals surface area contributed by atoms with E-state index < -0.39 is 43.4 Å². The summed E-state index contributed by atoms with van der Waals surface area (Å²) in [6, 6.07) is -0.505. The first-order chi connectivity index (χ1) is 18.6. The average molecular weight is 558 g/mol. The molecule has 0 aromatic rings. The third kappa shape index (κ3) is 9.79. The summed E-state index contributed by atoms with van der Waals surface area (Å²) >= 11 is 0. The Morgan fingerprint density at radius 2 is 1.38 bits per heavy atom. The number of likely N-dealkylation sites (N-methyl/N-ethyl adjacent to an activating group) is 1. The fourth-order valence-electron chi connectivity index (χ4n) is 5.19. The number of rotatable bonds is 18. The lowest BCUT2D eigenvalue weighted by Crippen LogP contribution is -2.59. The molecule has 0 unspecified atom stereocenters. The lowest BCUT2D eigenvalue weighted by Gasteiger charge is -2.39. The third-order valence-electron chi connectivity index (χ3n) is 8.13. The summed E-state index contributed by atoms with van der Waals surface area (Å²) in [4.78, 5) is 25.9. The minimum Gasteiger partial charge on any atom is -0.511 e. The van der Waals surface area contributed by atoms with Gasteiger partial charge >= 0.3 is 0 Å². The van der Waals surface area contributed by atoms with Crippen LogP contribution in [-0.4, -0.2) is 99.1 Å². The second kappa shape index (κ2) is 17.3. The molecule has 2 aliphatic rings. The Bertz CT molecular complexity index is 765. The number of unbranched alkanes of at least 4 members (excludes halogenated alkanes) is 11. The predicted octanol–water partition coefficient (Wildman–Crippen LogP) is 2.75. The lowest BCUT2D eigenvalue weighted by molar-refractivity contribution is -0.301. The Balaban J connectivity index is 1.41. The number of aliphatic hydroxyl groups is 5. The van der Waals surface area contributed by atoms with E-state index in [1.165, 1.54) is 37.0 Å². The van der Waals surface area contributed by atoms with Crippen LogP contribution in [0.25, 0.3) is 0 Å². The summed E-state index contributed by atoms with van der Waals surface area (Å²) in [5, 5.41) is 49.2. The monoisotopic (exact) mass is 557 g/mol. The molecule has 0 aromatic carbocycles. The zero-order valence-corrected chi connectivity index (χ0v) is 24.0. The van der Waals surface area contributed by atoms with Gasteiger partial charge in [-0.2, -0.15) is 0 Å². The van der Waals surface area contributed by atoms with Crippen molar-refractivity contribution in [3.63, 3.8) is 0 Å². The van der Waals surface area contributed by atoms with E-state index in [9.17, 15) is 35.1 Å². The number of carbonyl (C=O) groups is 2. The summed E-state index contributed by atoms with van der Waals surface area (Å²) in [5.41, 5.74) is -0.0288. The number of ether oxygens (including phenoxy) is 2. The molecule has 2 rings (SSSR count). The molecule has 1 amide bonds. The fourth-order valence-corrected chi connectivity index (χ4v) is 5.19. The smallest absolute Gasteiger partial charge is 0.261 e. The molecular formula is C29H51NO9. The third-order valence-corrected chi connectivity index (χ3v) is 8.13. The fraction of sp³-hybridized carbons (Fsp3) is 0.862. The maximum atomic E-state index is 12.3. The molecule has 2 aliphatic heterocycles. The van der Waals surface area contributed by atoms with Crippen LogP contribution in [0.3, 0.4) is 0 Å². The van der Waals surface area contributed by atoms with Gasteiger partial charge in [-0.05, 0) is 19.8 Å². The zero-order chi connectivity index (χ0) is 28.9. The number of amides is 1. The van der Waals surface area contributed by atoms with E-state index in [-0.39, 0.29) is 28.9 Å². The first kappa shape index (κ1) is 33.6. The number of ketones is 1. The van der Waals surface area contributed by atoms with Gasteiger partial charge in [0.1, 0.15) is 35.7 Å². The quantitative estimate of drug-likeness (QED) is 0.0740. The van der Waals surface area contributed by atoms with Crippen molar-refractivity contribution >= 4 is 11.7 Å². The molecule has 10 heteroatoms. The zero-order valence-electron chi connectivity index (χ0n) is 24.0. The van der Waals surface area contributed by atoms with Gasteiger partial charge in [-0.15, -0.1) is 0 Å². The highest BCUT2D eigenvalue weighted by molar-refractivity contribution is 6.26. The Hall–Kier alpha value is -1.56. The molecule has 0 bridgehead atoms. The van der Waals surface area contributed by atoms with Crippen LogP contribution in [0, 0.1) is 5.92 Å². The predicted molar refractivity (Wildman–Crippen MR) is 146 cm³/mol. The van der Waals surface area contributed by atoms with Crippen molar-refractivity contribution in [3.05, 3.63) is 11.3 Å². The van der Waals surface area contributed by atoms with E-state index in [0.29, 0.717) is 6.61 Å². The van der Waals surface area contributed by atoms with Gasteiger partial charge in [0, 0.05) is 19.6 Å². The molecule has 0 aromatic heterocycles. The van der Waals surface area contributed by atoms with Gasteiger partial charge in [0.15, 0.2) is 12.1 Å². The van der Waals surface area contributed by atoms with Crippen molar-refractivity contribution in [1.29, 1.82) is 0 Å². The standard InChI is InChI=1S/C29H51NO9/c1-19(23(32)22-24(33)20(2)30(3)28(22)37)16-14-12-10-8-6-4-5-7-9-11-13-15-17-38-29-27(36)26(35)25(34)21(18-31)39-29/h19-21,25-27,29,31-32,34-36H,4-18H2,1-3H3/t19-,20-,21+,25+,26-,27-,29+/m0/s1. The van der Waals surface area contributed by atoms with Crippen LogP contribution in [0.15, 0.2) is 11.3 Å². The summed E-state index contributed by atoms with van der Waals surface area (Å²) in [6.45, 7) is 3.48. The highest BCUT2D eigenvalue weighted by Gasteiger charge is 2.44. The Labute approximate surface area is 233 Å². The number of nitrogens with zero attached hydrogens (tertiary/aromatic N) is 1. The number of Topliss-reactive ketones (excluding diaryl/α,β-unsaturated/α-hetero) is 1. The second-order valence-electron chi connectivity index (χ2n) is 11.2. The van der Waals surface area contributed by atoms with Crippen LogP contribution in [0.4, 0.5) is 0 Å². The van der Waals surface area contributed by atoms with Gasteiger partial charge in [0.05, 0.1) is 12.6 Å². The number of aliphatic hydroxyl groups excluding tert-OH is 5. The normalized spacial score (nSPS) is 29.8. The summed E-state index contributed by atoms with van der Waals surface area (Å²) in [7, 11) is 1.59. The van der Waals surface area contributed by atoms with Crippen molar-refractivity contribution in [3.8, 4) is 0 Å². The largest absolute Gasteiger partial charge is 0.511 e. The van der Waals surface area contributed by atoms with Crippen molar-refractivity contribution in [1.82, 2.24) is 4.90 Å². The molecule has 7 atom stereocenters. The molecule has 0 spiro atoms. The maximum Gasteiger partial charge on any atom is 0.261 e. The number of hydrogen-bond acceptors (Lipinski definition) is 9. The van der Waals surface area contributed by atoms with Crippen molar-refractivity contribution in [2.75, 3.05) is 20.3 Å². The van der Waals surface area contributed by atoms with E-state index in [0.717, 1.165) is 51.4 Å². The average Bonchev–Trinajstić information content (AvgIpc) is 3.12. The molecule has 10 nitrogen and oxygen atoms in total. The van der Waals surface area contributed by atoms with E-state index in [4.69, 9.17) is 9.47 Å². The molecule has 0 radical (unpaired) electrons. The van der Waals surface area contributed by atoms with Gasteiger partial charge in [-0.25, -0.2) is 0 Å². The van der Waals surface area contributed by atoms with Gasteiger partial charge in [0.2, 0.25) is 0 Å². The molecule has 5 N–H and O–H groups in total. The van der Waals surface area contributed by atoms with E-state index >= 15 is 0 Å². The molecule has 2 heterocycles. The van der Waals surface area contributed by atoms with E-state index in [1.807, 2.05) is 6.92 Å². The molecule has 0 saturated carbocycles. The van der Waals surface area contributed by atoms with Crippen LogP contribution in [-0.2, 0) is 19.1 Å². The molecular weight excluding hydrogens is 506 g/mol. The van der Waals surface area contributed by atoms with Crippen LogP contribution in [0.2, 0.25) is 0 Å². The topological polar surface area (TPSA) is 157 Å². The Kier molecular flexibility index (Phi) is 14.9. The van der Waals surface area contributed by atoms with E-state index in [1.54, 1.807) is 14.0 Å². The Morgan fingerprint density at radius 3 is 1.87 bits per heavy atom. The first-order valence-corrected chi connectivity index (χ1v) is 14.8. The first-order valence-electron chi connectivity index (χ1n) is 14.8. The van der Waals surface area contributed by atoms with E-state index in [2.05, 4.69) is 0 Å². The summed E-state index contributed by atoms with van der Waals surface area (Å²) in [6.07, 6.45) is 7.97. The molecule has 2 saturated heterocycles. The number of hydrogen-bond donors (Lipinski definition) is 5.